The molecule has 0 aromatic heterocycles. The number of unbranched alkanes of at least 4 members (excludes halogenated alkanes) is 1. The van der Waals surface area contributed by atoms with Crippen LogP contribution in [0.2, 0.25) is 0 Å². The third-order valence-electron chi connectivity index (χ3n) is 3.18. The summed E-state index contributed by atoms with van der Waals surface area (Å²) in [4.78, 5) is 23.0. The topological polar surface area (TPSA) is 67.4 Å². The van der Waals surface area contributed by atoms with Crippen molar-refractivity contribution in [3.63, 3.8) is 0 Å². The average Bonchev–Trinajstić information content (AvgIpc) is 2.55. The summed E-state index contributed by atoms with van der Waals surface area (Å²) in [6.07, 6.45) is 3.54. The van der Waals surface area contributed by atoms with Crippen molar-refractivity contribution in [3.05, 3.63) is 35.9 Å². The molecule has 0 atom stereocenters. The lowest BCUT2D eigenvalue weighted by Gasteiger charge is -2.06. The maximum Gasteiger partial charge on any atom is 0.309 e. The summed E-state index contributed by atoms with van der Waals surface area (Å²) in [7, 11) is 0. The van der Waals surface area contributed by atoms with Crippen molar-refractivity contribution >= 4 is 11.8 Å². The summed E-state index contributed by atoms with van der Waals surface area (Å²) in [6, 6.07) is 10.2. The molecule has 122 valence electrons. The van der Waals surface area contributed by atoms with Crippen LogP contribution < -0.4 is 10.6 Å². The van der Waals surface area contributed by atoms with E-state index in [2.05, 4.69) is 22.8 Å². The highest BCUT2D eigenvalue weighted by Crippen LogP contribution is 2.03. The Hall–Kier alpha value is -1.88. The van der Waals surface area contributed by atoms with Crippen LogP contribution in [0.15, 0.2) is 30.3 Å². The Morgan fingerprint density at radius 3 is 2.23 bits per heavy atom. The highest BCUT2D eigenvalue weighted by molar-refractivity contribution is 6.35. The van der Waals surface area contributed by atoms with Crippen LogP contribution in [0.3, 0.4) is 0 Å². The van der Waals surface area contributed by atoms with E-state index in [9.17, 15) is 9.59 Å². The van der Waals surface area contributed by atoms with Gasteiger partial charge >= 0.3 is 11.8 Å². The van der Waals surface area contributed by atoms with E-state index >= 15 is 0 Å². The second-order valence-electron chi connectivity index (χ2n) is 5.00. The number of rotatable bonds is 10. The molecule has 1 rings (SSSR count). The minimum absolute atomic E-state index is 0.459. The van der Waals surface area contributed by atoms with E-state index in [1.807, 2.05) is 25.1 Å². The van der Waals surface area contributed by atoms with Gasteiger partial charge in [-0.1, -0.05) is 30.3 Å². The van der Waals surface area contributed by atoms with E-state index in [0.29, 0.717) is 32.7 Å². The monoisotopic (exact) mass is 306 g/mol. The fourth-order valence-corrected chi connectivity index (χ4v) is 1.98. The largest absolute Gasteiger partial charge is 0.382 e. The minimum atomic E-state index is -0.570. The van der Waals surface area contributed by atoms with Gasteiger partial charge in [0.2, 0.25) is 0 Å². The molecule has 0 saturated heterocycles. The van der Waals surface area contributed by atoms with Gasteiger partial charge in [-0.05, 0) is 38.2 Å². The maximum absolute atomic E-state index is 11.5. The van der Waals surface area contributed by atoms with Crippen LogP contribution in [0.4, 0.5) is 0 Å². The molecule has 0 fully saturated rings. The van der Waals surface area contributed by atoms with Crippen molar-refractivity contribution in [2.24, 2.45) is 0 Å². The first-order valence-corrected chi connectivity index (χ1v) is 7.91. The first-order valence-electron chi connectivity index (χ1n) is 7.91. The molecule has 0 heterocycles. The number of ether oxygens (including phenoxy) is 1. The van der Waals surface area contributed by atoms with Crippen molar-refractivity contribution in [2.75, 3.05) is 26.3 Å². The van der Waals surface area contributed by atoms with Crippen LogP contribution in [-0.4, -0.2) is 38.1 Å². The van der Waals surface area contributed by atoms with Gasteiger partial charge in [-0.15, -0.1) is 0 Å². The second-order valence-corrected chi connectivity index (χ2v) is 5.00. The van der Waals surface area contributed by atoms with Crippen molar-refractivity contribution in [1.29, 1.82) is 0 Å². The molecule has 5 heteroatoms. The van der Waals surface area contributed by atoms with Crippen LogP contribution >= 0.6 is 0 Å². The van der Waals surface area contributed by atoms with Crippen molar-refractivity contribution < 1.29 is 14.3 Å². The lowest BCUT2D eigenvalue weighted by atomic mass is 10.1. The predicted octanol–water partition coefficient (Wildman–Crippen LogP) is 1.67. The number of amides is 2. The zero-order chi connectivity index (χ0) is 16.0. The Bertz CT molecular complexity index is 435. The highest BCUT2D eigenvalue weighted by Gasteiger charge is 2.11. The molecule has 2 amide bonds. The molecule has 1 aromatic carbocycles. The second kappa shape index (κ2) is 11.7. The number of carbonyl (C=O) groups excluding carboxylic acids is 2. The van der Waals surface area contributed by atoms with Gasteiger partial charge in [-0.25, -0.2) is 0 Å². The third-order valence-corrected chi connectivity index (χ3v) is 3.18. The molecule has 0 aliphatic rings. The maximum atomic E-state index is 11.5. The number of aryl methyl sites for hydroxylation is 1. The smallest absolute Gasteiger partial charge is 0.309 e. The fourth-order valence-electron chi connectivity index (χ4n) is 1.98. The molecule has 5 nitrogen and oxygen atoms in total. The molecule has 1 aromatic rings. The molecule has 22 heavy (non-hydrogen) atoms. The van der Waals surface area contributed by atoms with Crippen molar-refractivity contribution in [2.45, 2.75) is 32.6 Å². The molecule has 0 aliphatic carbocycles. The summed E-state index contributed by atoms with van der Waals surface area (Å²) in [5.74, 6) is -1.13. The van der Waals surface area contributed by atoms with E-state index in [1.165, 1.54) is 5.56 Å². The molecule has 0 aliphatic heterocycles. The van der Waals surface area contributed by atoms with E-state index in [1.54, 1.807) is 0 Å². The first-order chi connectivity index (χ1) is 10.7. The highest BCUT2D eigenvalue weighted by atomic mass is 16.5. The first kappa shape index (κ1) is 18.2. The Morgan fingerprint density at radius 1 is 0.955 bits per heavy atom. The van der Waals surface area contributed by atoms with Crippen molar-refractivity contribution in [1.82, 2.24) is 10.6 Å². The summed E-state index contributed by atoms with van der Waals surface area (Å²) in [5, 5.41) is 5.22. The number of benzene rings is 1. The number of carbonyl (C=O) groups is 2. The lowest BCUT2D eigenvalue weighted by Crippen LogP contribution is -2.40. The number of nitrogens with one attached hydrogen (secondary N) is 2. The average molecular weight is 306 g/mol. The lowest BCUT2D eigenvalue weighted by molar-refractivity contribution is -0.139. The van der Waals surface area contributed by atoms with Gasteiger partial charge in [0, 0.05) is 26.3 Å². The molecule has 0 spiro atoms. The van der Waals surface area contributed by atoms with Crippen LogP contribution in [0.1, 0.15) is 31.7 Å². The predicted molar refractivity (Wildman–Crippen MR) is 86.5 cm³/mol. The molecule has 0 bridgehead atoms. The Kier molecular flexibility index (Phi) is 9.70. The molecule has 0 saturated carbocycles. The van der Waals surface area contributed by atoms with Gasteiger partial charge in [-0.2, -0.15) is 0 Å². The zero-order valence-electron chi connectivity index (χ0n) is 13.3. The van der Waals surface area contributed by atoms with Crippen LogP contribution in [0.25, 0.3) is 0 Å². The van der Waals surface area contributed by atoms with E-state index < -0.39 is 11.8 Å². The number of hydrogen-bond donors (Lipinski definition) is 2. The summed E-state index contributed by atoms with van der Waals surface area (Å²) < 4.78 is 5.15. The van der Waals surface area contributed by atoms with Crippen LogP contribution in [0.5, 0.6) is 0 Å². The summed E-state index contributed by atoms with van der Waals surface area (Å²) in [5.41, 5.74) is 1.29. The third kappa shape index (κ3) is 8.42. The van der Waals surface area contributed by atoms with Gasteiger partial charge in [-0.3, -0.25) is 9.59 Å². The quantitative estimate of drug-likeness (QED) is 0.510. The number of hydrogen-bond acceptors (Lipinski definition) is 3. The molecule has 2 N–H and O–H groups in total. The Morgan fingerprint density at radius 2 is 1.59 bits per heavy atom. The minimum Gasteiger partial charge on any atom is -0.382 e. The van der Waals surface area contributed by atoms with Gasteiger partial charge in [0.25, 0.3) is 0 Å². The van der Waals surface area contributed by atoms with Gasteiger partial charge in [0.15, 0.2) is 0 Å². The zero-order valence-corrected chi connectivity index (χ0v) is 13.3. The molecular formula is C17H26N2O3. The van der Waals surface area contributed by atoms with Crippen LogP contribution in [0, 0.1) is 0 Å². The van der Waals surface area contributed by atoms with Gasteiger partial charge in [0.05, 0.1) is 0 Å². The Labute approximate surface area is 132 Å². The van der Waals surface area contributed by atoms with Gasteiger partial charge < -0.3 is 15.4 Å². The normalized spacial score (nSPS) is 10.2. The summed E-state index contributed by atoms with van der Waals surface area (Å²) >= 11 is 0. The van der Waals surface area contributed by atoms with Gasteiger partial charge in [0.1, 0.15) is 0 Å². The molecule has 0 radical (unpaired) electrons. The standard InChI is InChI=1S/C17H26N2O3/c1-2-22-14-8-13-19-17(21)16(20)18-12-7-6-11-15-9-4-3-5-10-15/h3-5,9-10H,2,6-8,11-14H2,1H3,(H,18,20)(H,19,21). The Balaban J connectivity index is 2.01. The SMILES string of the molecule is CCOCCCNC(=O)C(=O)NCCCCc1ccccc1. The van der Waals surface area contributed by atoms with Crippen molar-refractivity contribution in [3.8, 4) is 0 Å². The van der Waals surface area contributed by atoms with E-state index in [-0.39, 0.29) is 0 Å². The van der Waals surface area contributed by atoms with E-state index in [4.69, 9.17) is 4.74 Å². The van der Waals surface area contributed by atoms with E-state index in [0.717, 1.165) is 19.3 Å². The van der Waals surface area contributed by atoms with Crippen LogP contribution in [-0.2, 0) is 20.7 Å². The summed E-state index contributed by atoms with van der Waals surface area (Å²) in [6.45, 7) is 4.16. The molecular weight excluding hydrogens is 280 g/mol. The molecule has 0 unspecified atom stereocenters. The fraction of sp³-hybridized carbons (Fsp3) is 0.529.